The second-order valence-corrected chi connectivity index (χ2v) is 8.01. The van der Waals surface area contributed by atoms with Gasteiger partial charge in [0.1, 0.15) is 11.4 Å². The first kappa shape index (κ1) is 23.6. The van der Waals surface area contributed by atoms with Gasteiger partial charge in [-0.2, -0.15) is 13.2 Å². The molecule has 0 saturated carbocycles. The van der Waals surface area contributed by atoms with Crippen LogP contribution >= 0.6 is 0 Å². The first-order valence-corrected chi connectivity index (χ1v) is 9.53. The molecule has 1 aromatic carbocycles. The van der Waals surface area contributed by atoms with E-state index >= 15 is 0 Å². The van der Waals surface area contributed by atoms with Gasteiger partial charge in [-0.3, -0.25) is 0 Å². The molecule has 6 nitrogen and oxygen atoms in total. The average molecular weight is 424 g/mol. The smallest absolute Gasteiger partial charge is 0.416 e. The topological polar surface area (TPSA) is 67.3 Å². The fourth-order valence-electron chi connectivity index (χ4n) is 3.06. The maximum atomic E-state index is 12.8. The molecule has 0 amide bonds. The van der Waals surface area contributed by atoms with E-state index in [1.165, 1.54) is 18.3 Å². The Hall–Kier alpha value is -2.68. The van der Waals surface area contributed by atoms with Crippen LogP contribution in [-0.2, 0) is 10.9 Å². The third-order valence-corrected chi connectivity index (χ3v) is 4.23. The number of benzene rings is 1. The molecule has 0 saturated heterocycles. The summed E-state index contributed by atoms with van der Waals surface area (Å²) in [5, 5.41) is 3.19. The molecule has 1 aromatic heterocycles. The Kier molecular flexibility index (Phi) is 7.41. The normalized spacial score (nSPS) is 12.2. The van der Waals surface area contributed by atoms with E-state index in [1.807, 2.05) is 14.1 Å². The third-order valence-electron chi connectivity index (χ3n) is 4.23. The van der Waals surface area contributed by atoms with Crippen LogP contribution in [0.3, 0.4) is 0 Å². The molecule has 0 spiro atoms. The molecule has 0 unspecified atom stereocenters. The molecular weight excluding hydrogens is 397 g/mol. The molecule has 0 radical (unpaired) electrons. The lowest BCUT2D eigenvalue weighted by Gasteiger charge is -2.29. The molecule has 9 heteroatoms. The van der Waals surface area contributed by atoms with E-state index in [9.17, 15) is 18.0 Å². The highest BCUT2D eigenvalue weighted by Gasteiger charge is 2.30. The van der Waals surface area contributed by atoms with Crippen molar-refractivity contribution in [2.75, 3.05) is 39.1 Å². The van der Waals surface area contributed by atoms with Crippen LogP contribution in [0.4, 0.5) is 19.0 Å². The van der Waals surface area contributed by atoms with E-state index < -0.39 is 17.7 Å². The number of aromatic nitrogens is 2. The Morgan fingerprint density at radius 3 is 2.33 bits per heavy atom. The van der Waals surface area contributed by atoms with Crippen LogP contribution < -0.4 is 5.32 Å². The largest absolute Gasteiger partial charge is 0.462 e. The Balaban J connectivity index is 2.36. The van der Waals surface area contributed by atoms with Crippen LogP contribution in [0.5, 0.6) is 0 Å². The van der Waals surface area contributed by atoms with Crippen LogP contribution in [-0.4, -0.2) is 54.6 Å². The number of rotatable bonds is 8. The van der Waals surface area contributed by atoms with E-state index in [4.69, 9.17) is 4.74 Å². The molecule has 0 aliphatic carbocycles. The molecule has 1 heterocycles. The van der Waals surface area contributed by atoms with Crippen molar-refractivity contribution in [1.82, 2.24) is 14.9 Å². The maximum Gasteiger partial charge on any atom is 0.416 e. The van der Waals surface area contributed by atoms with Gasteiger partial charge in [-0.25, -0.2) is 14.8 Å². The number of esters is 1. The van der Waals surface area contributed by atoms with Gasteiger partial charge in [0.25, 0.3) is 0 Å². The number of carbonyl (C=O) groups excluding carboxylic acids is 1. The summed E-state index contributed by atoms with van der Waals surface area (Å²) in [6.07, 6.45) is -3.09. The van der Waals surface area contributed by atoms with Crippen molar-refractivity contribution in [3.05, 3.63) is 41.6 Å². The minimum absolute atomic E-state index is 0.130. The Labute approximate surface area is 174 Å². The van der Waals surface area contributed by atoms with Crippen molar-refractivity contribution in [2.45, 2.75) is 26.9 Å². The Morgan fingerprint density at radius 1 is 1.17 bits per heavy atom. The van der Waals surface area contributed by atoms with Crippen molar-refractivity contribution in [3.8, 4) is 11.4 Å². The van der Waals surface area contributed by atoms with Gasteiger partial charge in [0.05, 0.1) is 12.2 Å². The second-order valence-electron chi connectivity index (χ2n) is 8.01. The average Bonchev–Trinajstić information content (AvgIpc) is 2.65. The van der Waals surface area contributed by atoms with Crippen LogP contribution in [0.2, 0.25) is 0 Å². The minimum atomic E-state index is -4.42. The van der Waals surface area contributed by atoms with Crippen molar-refractivity contribution in [3.63, 3.8) is 0 Å². The molecule has 1 N–H and O–H groups in total. The van der Waals surface area contributed by atoms with E-state index in [0.29, 0.717) is 12.1 Å². The summed E-state index contributed by atoms with van der Waals surface area (Å²) in [5.41, 5.74) is -0.296. The van der Waals surface area contributed by atoms with Gasteiger partial charge in [-0.05, 0) is 38.6 Å². The summed E-state index contributed by atoms with van der Waals surface area (Å²) in [6.45, 7) is 7.35. The van der Waals surface area contributed by atoms with Crippen LogP contribution in [0.1, 0.15) is 36.7 Å². The second kappa shape index (κ2) is 9.42. The molecule has 2 rings (SSSR count). The molecule has 0 aliphatic heterocycles. The van der Waals surface area contributed by atoms with Gasteiger partial charge < -0.3 is 15.0 Å². The predicted molar refractivity (Wildman–Crippen MR) is 109 cm³/mol. The van der Waals surface area contributed by atoms with Gasteiger partial charge in [-0.15, -0.1) is 0 Å². The Bertz CT molecular complexity index is 866. The van der Waals surface area contributed by atoms with E-state index in [2.05, 4.69) is 34.0 Å². The SMILES string of the molecule is CCOC(=O)c1cnc(-c2ccc(C(F)(F)F)cc2)nc1NCC(C)(C)CN(C)C. The van der Waals surface area contributed by atoms with Crippen molar-refractivity contribution in [1.29, 1.82) is 0 Å². The number of ether oxygens (including phenoxy) is 1. The number of hydrogen-bond acceptors (Lipinski definition) is 6. The first-order chi connectivity index (χ1) is 13.9. The van der Waals surface area contributed by atoms with Crippen LogP contribution in [0.25, 0.3) is 11.4 Å². The third kappa shape index (κ3) is 6.41. The molecule has 0 atom stereocenters. The van der Waals surface area contributed by atoms with Crippen LogP contribution in [0.15, 0.2) is 30.5 Å². The number of carbonyl (C=O) groups is 1. The summed E-state index contributed by atoms with van der Waals surface area (Å²) in [4.78, 5) is 22.9. The van der Waals surface area contributed by atoms with E-state index in [0.717, 1.165) is 18.7 Å². The molecule has 0 bridgehead atoms. The first-order valence-electron chi connectivity index (χ1n) is 9.53. The van der Waals surface area contributed by atoms with Crippen molar-refractivity contribution >= 4 is 11.8 Å². The summed E-state index contributed by atoms with van der Waals surface area (Å²) in [7, 11) is 3.94. The van der Waals surface area contributed by atoms with Crippen LogP contribution in [0, 0.1) is 5.41 Å². The Morgan fingerprint density at radius 2 is 1.80 bits per heavy atom. The zero-order chi connectivity index (χ0) is 22.5. The molecule has 0 fully saturated rings. The molecular formula is C21H27F3N4O2. The molecule has 0 aliphatic rings. The number of halogens is 3. The standard InChI is InChI=1S/C21H27F3N4O2/c1-6-30-19(29)16-11-25-17(14-7-9-15(10-8-14)21(22,23)24)27-18(16)26-12-20(2,3)13-28(4)5/h7-11H,6,12-13H2,1-5H3,(H,25,26,27). The minimum Gasteiger partial charge on any atom is -0.462 e. The summed E-state index contributed by atoms with van der Waals surface area (Å²) >= 11 is 0. The number of anilines is 1. The highest BCUT2D eigenvalue weighted by molar-refractivity contribution is 5.94. The molecule has 164 valence electrons. The zero-order valence-corrected chi connectivity index (χ0v) is 17.8. The number of nitrogens with zero attached hydrogens (tertiary/aromatic N) is 3. The highest BCUT2D eigenvalue weighted by Crippen LogP contribution is 2.31. The predicted octanol–water partition coefficient (Wildman–Crippen LogP) is 4.34. The van der Waals surface area contributed by atoms with Gasteiger partial charge in [-0.1, -0.05) is 26.0 Å². The fraction of sp³-hybridized carbons (Fsp3) is 0.476. The summed E-state index contributed by atoms with van der Waals surface area (Å²) < 4.78 is 43.5. The lowest BCUT2D eigenvalue weighted by Crippen LogP contribution is -2.34. The van der Waals surface area contributed by atoms with E-state index in [-0.39, 0.29) is 29.2 Å². The van der Waals surface area contributed by atoms with E-state index in [1.54, 1.807) is 6.92 Å². The zero-order valence-electron chi connectivity index (χ0n) is 17.8. The lowest BCUT2D eigenvalue weighted by molar-refractivity contribution is -0.137. The number of alkyl halides is 3. The number of hydrogen-bond donors (Lipinski definition) is 1. The molecule has 2 aromatic rings. The molecule has 30 heavy (non-hydrogen) atoms. The maximum absolute atomic E-state index is 12.8. The summed E-state index contributed by atoms with van der Waals surface area (Å²) in [6, 6.07) is 4.57. The van der Waals surface area contributed by atoms with Crippen molar-refractivity contribution < 1.29 is 22.7 Å². The number of nitrogens with one attached hydrogen (secondary N) is 1. The van der Waals surface area contributed by atoms with Gasteiger partial charge >= 0.3 is 12.1 Å². The summed E-state index contributed by atoms with van der Waals surface area (Å²) in [5.74, 6) is -0.0701. The van der Waals surface area contributed by atoms with Gasteiger partial charge in [0, 0.05) is 24.8 Å². The monoisotopic (exact) mass is 424 g/mol. The quantitative estimate of drug-likeness (QED) is 0.636. The van der Waals surface area contributed by atoms with Gasteiger partial charge in [0.2, 0.25) is 0 Å². The highest BCUT2D eigenvalue weighted by atomic mass is 19.4. The fourth-order valence-corrected chi connectivity index (χ4v) is 3.06. The van der Waals surface area contributed by atoms with Gasteiger partial charge in [0.15, 0.2) is 5.82 Å². The lowest BCUT2D eigenvalue weighted by atomic mass is 9.93. The van der Waals surface area contributed by atoms with Crippen molar-refractivity contribution in [2.24, 2.45) is 5.41 Å².